The average Bonchev–Trinajstić information content (AvgIpc) is 3.25. The van der Waals surface area contributed by atoms with Crippen molar-refractivity contribution in [3.8, 4) is 0 Å². The minimum Gasteiger partial charge on any atom is -0.237 e. The fourth-order valence-electron chi connectivity index (χ4n) is 9.43. The van der Waals surface area contributed by atoms with Crippen LogP contribution in [0.4, 0.5) is 0 Å². The number of unbranched alkanes of at least 4 members (excludes halogenated alkanes) is 42. The Morgan fingerprint density at radius 2 is 0.441 bits per heavy atom. The summed E-state index contributed by atoms with van der Waals surface area (Å²) in [6.07, 6.45) is 69.8. The van der Waals surface area contributed by atoms with Crippen LogP contribution in [0.15, 0.2) is 0 Å². The summed E-state index contributed by atoms with van der Waals surface area (Å²) in [5.41, 5.74) is 4.37. The van der Waals surface area contributed by atoms with Crippen molar-refractivity contribution < 1.29 is 0 Å². The minimum absolute atomic E-state index is 0.983. The predicted octanol–water partition coefficient (Wildman–Crippen LogP) is 20.3. The van der Waals surface area contributed by atoms with Gasteiger partial charge in [-0.05, 0) is 44.1 Å². The Morgan fingerprint density at radius 1 is 0.254 bits per heavy atom. The number of rotatable bonds is 49. The van der Waals surface area contributed by atoms with Gasteiger partial charge in [0.25, 0.3) is 0 Å². The van der Waals surface area contributed by atoms with E-state index in [2.05, 4.69) is 34.1 Å². The number of hydrogen-bond donors (Lipinski definition) is 0. The summed E-state index contributed by atoms with van der Waals surface area (Å²) >= 11 is 0. The van der Waals surface area contributed by atoms with E-state index in [1.54, 1.807) is 5.56 Å². The Hall–Kier alpha value is -0.920. The quantitative estimate of drug-likeness (QED) is 0.0612. The fourth-order valence-corrected chi connectivity index (χ4v) is 9.43. The van der Waals surface area contributed by atoms with Crippen molar-refractivity contribution in [2.45, 2.75) is 336 Å². The van der Waals surface area contributed by atoms with Gasteiger partial charge in [0.2, 0.25) is 0 Å². The van der Waals surface area contributed by atoms with Crippen molar-refractivity contribution in [2.24, 2.45) is 0 Å². The molecule has 0 amide bonds. The lowest BCUT2D eigenvalue weighted by Crippen LogP contribution is -2.10. The molecule has 0 saturated carbocycles. The minimum atomic E-state index is 0.983. The van der Waals surface area contributed by atoms with Crippen LogP contribution in [-0.4, -0.2) is 9.97 Å². The van der Waals surface area contributed by atoms with Crippen LogP contribution < -0.4 is 0 Å². The Labute approximate surface area is 373 Å². The van der Waals surface area contributed by atoms with Gasteiger partial charge in [-0.15, -0.1) is 0 Å². The van der Waals surface area contributed by atoms with Gasteiger partial charge >= 0.3 is 0 Å². The lowest BCUT2D eigenvalue weighted by atomic mass is 9.96. The predicted molar refractivity (Wildman–Crippen MR) is 267 cm³/mol. The lowest BCUT2D eigenvalue weighted by Gasteiger charge is -2.16. The number of nitrogens with zero attached hydrogens (tertiary/aromatic N) is 2. The maximum absolute atomic E-state index is 5.20. The Kier molecular flexibility index (Phi) is 44.3. The third kappa shape index (κ3) is 37.4. The van der Waals surface area contributed by atoms with Gasteiger partial charge in [0.15, 0.2) is 0 Å². The molecule has 1 heterocycles. The highest BCUT2D eigenvalue weighted by molar-refractivity contribution is 5.28. The summed E-state index contributed by atoms with van der Waals surface area (Å²) in [4.78, 5) is 10.4. The van der Waals surface area contributed by atoms with Crippen LogP contribution in [0.25, 0.3) is 0 Å². The molecule has 0 bridgehead atoms. The highest BCUT2D eigenvalue weighted by atomic mass is 14.9. The second-order valence-electron chi connectivity index (χ2n) is 19.3. The summed E-state index contributed by atoms with van der Waals surface area (Å²) in [6.45, 7) is 9.08. The van der Waals surface area contributed by atoms with E-state index in [0.29, 0.717) is 0 Å². The molecule has 0 aliphatic carbocycles. The maximum atomic E-state index is 5.20. The summed E-state index contributed by atoms with van der Waals surface area (Å²) in [5.74, 6) is 0.983. The standard InChI is InChI=1S/C57H109N2/c1-5-9-12-15-18-21-24-27-30-33-36-39-42-45-48-51-54-55(52-49-46-43-40-37-34-31-28-25-22-19-16-13-10-6-2)58-57(8-4)59-56(54)53-50-47-44-41-38-35-32-29-26-23-20-17-14-11-7-3/h8H,5-7,9-53H2,1-4H3. The molecule has 1 aromatic rings. The van der Waals surface area contributed by atoms with Crippen molar-refractivity contribution in [1.82, 2.24) is 9.97 Å². The summed E-state index contributed by atoms with van der Waals surface area (Å²) < 4.78 is 0. The molecule has 0 saturated heterocycles. The number of aromatic nitrogens is 2. The van der Waals surface area contributed by atoms with Gasteiger partial charge in [0.1, 0.15) is 5.82 Å². The van der Waals surface area contributed by atoms with E-state index in [0.717, 1.165) is 18.7 Å². The average molecular weight is 823 g/mol. The van der Waals surface area contributed by atoms with E-state index < -0.39 is 0 Å². The van der Waals surface area contributed by atoms with Crippen molar-refractivity contribution >= 4 is 0 Å². The van der Waals surface area contributed by atoms with Crippen molar-refractivity contribution in [3.63, 3.8) is 0 Å². The Balaban J connectivity index is 2.44. The van der Waals surface area contributed by atoms with E-state index in [4.69, 9.17) is 9.97 Å². The van der Waals surface area contributed by atoms with Gasteiger partial charge in [0, 0.05) is 17.8 Å². The maximum Gasteiger partial charge on any atom is 0.132 e. The first kappa shape index (κ1) is 56.1. The topological polar surface area (TPSA) is 25.8 Å². The molecule has 59 heavy (non-hydrogen) atoms. The van der Waals surface area contributed by atoms with Crippen LogP contribution in [0.1, 0.15) is 339 Å². The SMILES string of the molecule is C[CH]c1nc(CCCCCCCCCCCCCCCCC)c(CCCCCCCCCCCCCCCCC)c(CCCCCCCCCCCCCCCCC)n1. The van der Waals surface area contributed by atoms with Crippen LogP contribution in [0.2, 0.25) is 0 Å². The van der Waals surface area contributed by atoms with Gasteiger partial charge in [-0.1, -0.05) is 297 Å². The first-order valence-electron chi connectivity index (χ1n) is 27.9. The van der Waals surface area contributed by atoms with Gasteiger partial charge in [0.05, 0.1) is 0 Å². The summed E-state index contributed by atoms with van der Waals surface area (Å²) in [5, 5.41) is 0. The lowest BCUT2D eigenvalue weighted by molar-refractivity contribution is 0.529. The molecule has 0 aromatic carbocycles. The summed E-state index contributed by atoms with van der Waals surface area (Å²) in [6, 6.07) is 0. The molecule has 2 heteroatoms. The van der Waals surface area contributed by atoms with Gasteiger partial charge in [-0.25, -0.2) is 9.97 Å². The molecule has 0 fully saturated rings. The zero-order chi connectivity index (χ0) is 42.4. The van der Waals surface area contributed by atoms with Crippen LogP contribution in [-0.2, 0) is 19.3 Å². The van der Waals surface area contributed by atoms with E-state index in [9.17, 15) is 0 Å². The third-order valence-corrected chi connectivity index (χ3v) is 13.5. The molecule has 0 N–H and O–H groups in total. The number of aryl methyl sites for hydroxylation is 2. The van der Waals surface area contributed by atoms with Gasteiger partial charge < -0.3 is 0 Å². The van der Waals surface area contributed by atoms with Crippen LogP contribution in [0.3, 0.4) is 0 Å². The molecule has 347 valence electrons. The molecule has 1 radical (unpaired) electrons. The summed E-state index contributed by atoms with van der Waals surface area (Å²) in [7, 11) is 0. The molecule has 2 nitrogen and oxygen atoms in total. The fraction of sp³-hybridized carbons (Fsp3) is 0.912. The van der Waals surface area contributed by atoms with Crippen LogP contribution >= 0.6 is 0 Å². The molecule has 0 atom stereocenters. The largest absolute Gasteiger partial charge is 0.237 e. The van der Waals surface area contributed by atoms with E-state index in [-0.39, 0.29) is 0 Å². The second-order valence-corrected chi connectivity index (χ2v) is 19.3. The second kappa shape index (κ2) is 46.6. The monoisotopic (exact) mass is 822 g/mol. The molecular formula is C57H109N2. The molecule has 1 aromatic heterocycles. The van der Waals surface area contributed by atoms with E-state index in [1.807, 2.05) is 0 Å². The normalized spacial score (nSPS) is 11.7. The van der Waals surface area contributed by atoms with Gasteiger partial charge in [-0.3, -0.25) is 0 Å². The van der Waals surface area contributed by atoms with E-state index >= 15 is 0 Å². The van der Waals surface area contributed by atoms with Crippen molar-refractivity contribution in [1.29, 1.82) is 0 Å². The smallest absolute Gasteiger partial charge is 0.132 e. The Morgan fingerprint density at radius 3 is 0.644 bits per heavy atom. The van der Waals surface area contributed by atoms with Crippen molar-refractivity contribution in [3.05, 3.63) is 29.2 Å². The number of hydrogen-bond acceptors (Lipinski definition) is 2. The van der Waals surface area contributed by atoms with Crippen molar-refractivity contribution in [2.75, 3.05) is 0 Å². The third-order valence-electron chi connectivity index (χ3n) is 13.5. The highest BCUT2D eigenvalue weighted by Crippen LogP contribution is 2.23. The molecule has 0 unspecified atom stereocenters. The molecule has 1 rings (SSSR count). The molecule has 0 spiro atoms. The van der Waals surface area contributed by atoms with Crippen LogP contribution in [0, 0.1) is 6.42 Å². The zero-order valence-electron chi connectivity index (χ0n) is 41.4. The Bertz CT molecular complexity index is 899. The van der Waals surface area contributed by atoms with E-state index in [1.165, 1.54) is 307 Å². The van der Waals surface area contributed by atoms with Crippen LogP contribution in [0.5, 0.6) is 0 Å². The molecule has 0 aliphatic rings. The van der Waals surface area contributed by atoms with Gasteiger partial charge in [-0.2, -0.15) is 0 Å². The molecular weight excluding hydrogens is 713 g/mol. The highest BCUT2D eigenvalue weighted by Gasteiger charge is 2.14. The first-order valence-corrected chi connectivity index (χ1v) is 27.9. The first-order chi connectivity index (χ1) is 29.3. The zero-order valence-corrected chi connectivity index (χ0v) is 41.4. The molecule has 0 aliphatic heterocycles.